The minimum Gasteiger partial charge on any atom is -0.201 e. The first-order valence-electron chi connectivity index (χ1n) is 13.8. The van der Waals surface area contributed by atoms with Crippen LogP contribution in [0.4, 0.5) is 0 Å². The first kappa shape index (κ1) is 23.7. The maximum Gasteiger partial charge on any atom is 0.213 e. The summed E-state index contributed by atoms with van der Waals surface area (Å²) in [4.78, 5) is 0. The zero-order chi connectivity index (χ0) is 25.4. The molecule has 0 atom stereocenters. The molecule has 1 heteroatoms. The average molecular weight is 483 g/mol. The molecule has 184 valence electrons. The van der Waals surface area contributed by atoms with Crippen LogP contribution in [0, 0.1) is 13.8 Å². The minimum absolute atomic E-state index is 0.757. The van der Waals surface area contributed by atoms with E-state index in [1.54, 1.807) is 0 Å². The van der Waals surface area contributed by atoms with Crippen LogP contribution in [0.3, 0.4) is 0 Å². The summed E-state index contributed by atoms with van der Waals surface area (Å²) in [6.45, 7) is 4.40. The molecule has 0 unspecified atom stereocenters. The second kappa shape index (κ2) is 9.98. The number of fused-ring (bicyclic) bond motifs is 1. The summed E-state index contributed by atoms with van der Waals surface area (Å²) in [7, 11) is 2.14. The first-order valence-corrected chi connectivity index (χ1v) is 13.8. The molecule has 0 N–H and O–H groups in total. The van der Waals surface area contributed by atoms with Gasteiger partial charge in [-0.05, 0) is 95.0 Å². The van der Waals surface area contributed by atoms with Gasteiger partial charge in [-0.15, -0.1) is 0 Å². The second-order valence-corrected chi connectivity index (χ2v) is 10.9. The number of rotatable bonds is 4. The van der Waals surface area contributed by atoms with Crippen molar-refractivity contribution < 1.29 is 4.57 Å². The topological polar surface area (TPSA) is 3.88 Å². The molecule has 4 aromatic carbocycles. The van der Waals surface area contributed by atoms with Crippen molar-refractivity contribution >= 4 is 10.8 Å². The highest BCUT2D eigenvalue weighted by Crippen LogP contribution is 2.35. The van der Waals surface area contributed by atoms with E-state index < -0.39 is 0 Å². The summed E-state index contributed by atoms with van der Waals surface area (Å²) in [6, 6.07) is 34.1. The Balaban J connectivity index is 1.32. The van der Waals surface area contributed by atoms with Crippen molar-refractivity contribution in [1.29, 1.82) is 0 Å². The fourth-order valence-corrected chi connectivity index (χ4v) is 6.20. The van der Waals surface area contributed by atoms with Crippen LogP contribution in [0.5, 0.6) is 0 Å². The number of aryl methyl sites for hydroxylation is 3. The molecule has 0 bridgehead atoms. The number of hydrogen-bond donors (Lipinski definition) is 0. The van der Waals surface area contributed by atoms with Gasteiger partial charge >= 0.3 is 0 Å². The Morgan fingerprint density at radius 2 is 1.24 bits per heavy atom. The number of hydrogen-bond acceptors (Lipinski definition) is 0. The highest BCUT2D eigenvalue weighted by Gasteiger charge is 2.17. The third kappa shape index (κ3) is 4.71. The average Bonchev–Trinajstić information content (AvgIpc) is 2.94. The van der Waals surface area contributed by atoms with Crippen LogP contribution in [0.1, 0.15) is 54.7 Å². The Hall–Kier alpha value is -3.71. The van der Waals surface area contributed by atoms with Gasteiger partial charge in [0.05, 0.1) is 0 Å². The summed E-state index contributed by atoms with van der Waals surface area (Å²) in [5.74, 6) is 0.757. The molecule has 1 saturated carbocycles. The van der Waals surface area contributed by atoms with Crippen LogP contribution < -0.4 is 4.57 Å². The zero-order valence-corrected chi connectivity index (χ0v) is 22.3. The van der Waals surface area contributed by atoms with Crippen molar-refractivity contribution in [2.24, 2.45) is 7.05 Å². The monoisotopic (exact) mass is 482 g/mol. The van der Waals surface area contributed by atoms with Gasteiger partial charge in [0, 0.05) is 17.2 Å². The van der Waals surface area contributed by atoms with E-state index in [0.29, 0.717) is 0 Å². The van der Waals surface area contributed by atoms with Crippen molar-refractivity contribution in [2.75, 3.05) is 0 Å². The lowest BCUT2D eigenvalue weighted by Gasteiger charge is -2.22. The largest absolute Gasteiger partial charge is 0.213 e. The second-order valence-electron chi connectivity index (χ2n) is 10.9. The van der Waals surface area contributed by atoms with Gasteiger partial charge in [0.1, 0.15) is 7.05 Å². The molecule has 0 aliphatic heterocycles. The maximum atomic E-state index is 2.36. The zero-order valence-electron chi connectivity index (χ0n) is 22.3. The summed E-state index contributed by atoms with van der Waals surface area (Å²) in [5, 5.41) is 2.57. The molecule has 0 radical (unpaired) electrons. The van der Waals surface area contributed by atoms with E-state index in [2.05, 4.69) is 123 Å². The molecule has 1 aliphatic carbocycles. The molecule has 1 nitrogen and oxygen atoms in total. The SMILES string of the molecule is Cc1c[n+](C)c(-c2ccccc2C)cc1-c1ccc2cc(-c3ccc(C4CCCCC4)cc3)ccc2c1. The van der Waals surface area contributed by atoms with Gasteiger partial charge in [-0.1, -0.05) is 86.0 Å². The van der Waals surface area contributed by atoms with Crippen LogP contribution in [-0.4, -0.2) is 0 Å². The van der Waals surface area contributed by atoms with Gasteiger partial charge in [-0.2, -0.15) is 0 Å². The Labute approximate surface area is 221 Å². The normalized spacial score (nSPS) is 14.2. The fraction of sp³-hybridized carbons (Fsp3) is 0.250. The van der Waals surface area contributed by atoms with Crippen molar-refractivity contribution in [2.45, 2.75) is 51.9 Å². The summed E-state index contributed by atoms with van der Waals surface area (Å²) >= 11 is 0. The molecule has 1 aromatic heterocycles. The summed E-state index contributed by atoms with van der Waals surface area (Å²) in [5.41, 5.74) is 11.8. The third-order valence-corrected chi connectivity index (χ3v) is 8.37. The summed E-state index contributed by atoms with van der Waals surface area (Å²) < 4.78 is 2.24. The molecule has 1 heterocycles. The van der Waals surface area contributed by atoms with Gasteiger partial charge < -0.3 is 0 Å². The molecule has 37 heavy (non-hydrogen) atoms. The highest BCUT2D eigenvalue weighted by molar-refractivity contribution is 5.91. The fourth-order valence-electron chi connectivity index (χ4n) is 6.20. The van der Waals surface area contributed by atoms with Crippen molar-refractivity contribution in [3.63, 3.8) is 0 Å². The van der Waals surface area contributed by atoms with Gasteiger partial charge in [0.15, 0.2) is 6.20 Å². The lowest BCUT2D eigenvalue weighted by atomic mass is 9.83. The van der Waals surface area contributed by atoms with Gasteiger partial charge in [-0.3, -0.25) is 0 Å². The quantitative estimate of drug-likeness (QED) is 0.225. The van der Waals surface area contributed by atoms with E-state index in [1.807, 2.05) is 0 Å². The van der Waals surface area contributed by atoms with Crippen LogP contribution >= 0.6 is 0 Å². The molecular formula is C36H36N+. The van der Waals surface area contributed by atoms with Crippen molar-refractivity contribution in [1.82, 2.24) is 0 Å². The predicted molar refractivity (Wildman–Crippen MR) is 157 cm³/mol. The van der Waals surface area contributed by atoms with E-state index in [4.69, 9.17) is 0 Å². The van der Waals surface area contributed by atoms with E-state index in [1.165, 1.54) is 93.1 Å². The van der Waals surface area contributed by atoms with Crippen LogP contribution in [0.15, 0.2) is 97.2 Å². The standard InChI is InChI=1S/C36H36N/c1-25-9-7-8-12-34(25)36-23-35(26(2)24-37(36)3)33-20-19-31-21-30(17-18-32(31)22-33)29-15-13-28(14-16-29)27-10-5-4-6-11-27/h7-9,12-24,27H,4-6,10-11H2,1-3H3/q+1. The lowest BCUT2D eigenvalue weighted by Crippen LogP contribution is -2.31. The Bertz CT molecular complexity index is 1570. The molecule has 5 aromatic rings. The maximum absolute atomic E-state index is 2.36. The van der Waals surface area contributed by atoms with Gasteiger partial charge in [0.25, 0.3) is 0 Å². The lowest BCUT2D eigenvalue weighted by molar-refractivity contribution is -0.660. The molecule has 0 amide bonds. The van der Waals surface area contributed by atoms with Crippen molar-refractivity contribution in [3.05, 3.63) is 114 Å². The smallest absolute Gasteiger partial charge is 0.201 e. The first-order chi connectivity index (χ1) is 18.1. The number of benzene rings is 4. The number of pyridine rings is 1. The molecule has 1 aliphatic rings. The Morgan fingerprint density at radius 3 is 1.97 bits per heavy atom. The van der Waals surface area contributed by atoms with E-state index in [9.17, 15) is 0 Å². The van der Waals surface area contributed by atoms with E-state index in [0.717, 1.165) is 5.92 Å². The van der Waals surface area contributed by atoms with E-state index in [-0.39, 0.29) is 0 Å². The highest BCUT2D eigenvalue weighted by atomic mass is 14.9. The van der Waals surface area contributed by atoms with Crippen LogP contribution in [0.2, 0.25) is 0 Å². The minimum atomic E-state index is 0.757. The molecule has 0 saturated heterocycles. The van der Waals surface area contributed by atoms with Crippen LogP contribution in [0.25, 0.3) is 44.3 Å². The predicted octanol–water partition coefficient (Wildman–Crippen LogP) is 9.33. The number of aromatic nitrogens is 1. The van der Waals surface area contributed by atoms with Gasteiger partial charge in [0.2, 0.25) is 5.69 Å². The molecule has 1 fully saturated rings. The van der Waals surface area contributed by atoms with Crippen LogP contribution in [-0.2, 0) is 7.05 Å². The summed E-state index contributed by atoms with van der Waals surface area (Å²) in [6.07, 6.45) is 9.12. The molecule has 0 spiro atoms. The van der Waals surface area contributed by atoms with Gasteiger partial charge in [-0.25, -0.2) is 4.57 Å². The Kier molecular flexibility index (Phi) is 6.38. The molecular weight excluding hydrogens is 446 g/mol. The van der Waals surface area contributed by atoms with E-state index >= 15 is 0 Å². The van der Waals surface area contributed by atoms with Crippen molar-refractivity contribution in [3.8, 4) is 33.5 Å². The number of nitrogens with zero attached hydrogens (tertiary/aromatic N) is 1. The Morgan fingerprint density at radius 1 is 0.595 bits per heavy atom. The third-order valence-electron chi connectivity index (χ3n) is 8.37. The molecule has 6 rings (SSSR count).